The fraction of sp³-hybridized carbons (Fsp3) is 0.917. The predicted molar refractivity (Wildman–Crippen MR) is 65.0 cm³/mol. The van der Waals surface area contributed by atoms with Gasteiger partial charge < -0.3 is 9.84 Å². The Hall–Kier alpha value is -0.820. The number of hydrogen-bond acceptors (Lipinski definition) is 3. The molecular weight excluding hydrogens is 263 g/mol. The maximum Gasteiger partial charge on any atom is 0.414 e. The molecule has 0 fully saturated rings. The number of carboxylic acid groups (broad SMARTS) is 1. The lowest BCUT2D eigenvalue weighted by molar-refractivity contribution is -0.226. The first kappa shape index (κ1) is 18.2. The molecule has 19 heavy (non-hydrogen) atoms. The SMILES string of the molecule is CC(C)NC(C)(CC(C)OC(C)C(F)(F)F)C(=O)O. The summed E-state index contributed by atoms with van der Waals surface area (Å²) >= 11 is 0. The van der Waals surface area contributed by atoms with Crippen LogP contribution in [-0.4, -0.2) is 41.0 Å². The van der Waals surface area contributed by atoms with E-state index in [0.717, 1.165) is 6.92 Å². The molecule has 0 amide bonds. The molecule has 0 aromatic heterocycles. The minimum atomic E-state index is -4.45. The number of hydrogen-bond donors (Lipinski definition) is 2. The van der Waals surface area contributed by atoms with Crippen LogP contribution in [-0.2, 0) is 9.53 Å². The van der Waals surface area contributed by atoms with E-state index in [-0.39, 0.29) is 12.5 Å². The molecule has 0 aromatic carbocycles. The van der Waals surface area contributed by atoms with Crippen LogP contribution in [0, 0.1) is 0 Å². The average molecular weight is 285 g/mol. The largest absolute Gasteiger partial charge is 0.480 e. The zero-order valence-electron chi connectivity index (χ0n) is 11.8. The molecule has 0 aliphatic rings. The zero-order chi connectivity index (χ0) is 15.4. The van der Waals surface area contributed by atoms with Crippen LogP contribution < -0.4 is 5.32 Å². The molecule has 0 saturated heterocycles. The van der Waals surface area contributed by atoms with Gasteiger partial charge in [0.2, 0.25) is 0 Å². The van der Waals surface area contributed by atoms with E-state index < -0.39 is 29.9 Å². The average Bonchev–Trinajstić information content (AvgIpc) is 2.13. The van der Waals surface area contributed by atoms with Gasteiger partial charge in [-0.3, -0.25) is 10.1 Å². The van der Waals surface area contributed by atoms with E-state index in [4.69, 9.17) is 4.74 Å². The molecular formula is C12H22F3NO3. The van der Waals surface area contributed by atoms with Crippen molar-refractivity contribution < 1.29 is 27.8 Å². The normalized spacial score (nSPS) is 19.0. The van der Waals surface area contributed by atoms with Crippen molar-refractivity contribution in [3.63, 3.8) is 0 Å². The van der Waals surface area contributed by atoms with Gasteiger partial charge in [-0.25, -0.2) is 0 Å². The van der Waals surface area contributed by atoms with Crippen LogP contribution in [0.5, 0.6) is 0 Å². The summed E-state index contributed by atoms with van der Waals surface area (Å²) in [5.41, 5.74) is -1.32. The molecule has 3 atom stereocenters. The standard InChI is InChI=1S/C12H22F3NO3/c1-7(2)16-11(5,10(17)18)6-8(3)19-9(4)12(13,14)15/h7-9,16H,6H2,1-5H3,(H,17,18). The van der Waals surface area contributed by atoms with Crippen LogP contribution in [0.2, 0.25) is 0 Å². The van der Waals surface area contributed by atoms with Gasteiger partial charge in [-0.15, -0.1) is 0 Å². The number of alkyl halides is 3. The Bertz CT molecular complexity index is 307. The molecule has 0 heterocycles. The summed E-state index contributed by atoms with van der Waals surface area (Å²) in [4.78, 5) is 11.2. The summed E-state index contributed by atoms with van der Waals surface area (Å²) in [5.74, 6) is -1.11. The molecule has 0 radical (unpaired) electrons. The van der Waals surface area contributed by atoms with Gasteiger partial charge in [0.05, 0.1) is 6.10 Å². The van der Waals surface area contributed by atoms with Crippen molar-refractivity contribution in [1.82, 2.24) is 5.32 Å². The number of ether oxygens (including phenoxy) is 1. The molecule has 2 N–H and O–H groups in total. The van der Waals surface area contributed by atoms with Gasteiger partial charge >= 0.3 is 12.1 Å². The second kappa shape index (κ2) is 6.56. The van der Waals surface area contributed by atoms with E-state index >= 15 is 0 Å². The van der Waals surface area contributed by atoms with Crippen LogP contribution >= 0.6 is 0 Å². The summed E-state index contributed by atoms with van der Waals surface area (Å²) in [7, 11) is 0. The van der Waals surface area contributed by atoms with E-state index in [9.17, 15) is 23.1 Å². The number of halogens is 3. The maximum atomic E-state index is 12.4. The quantitative estimate of drug-likeness (QED) is 0.755. The van der Waals surface area contributed by atoms with Gasteiger partial charge in [-0.1, -0.05) is 0 Å². The lowest BCUT2D eigenvalue weighted by Crippen LogP contribution is -2.54. The van der Waals surface area contributed by atoms with Crippen molar-refractivity contribution in [3.05, 3.63) is 0 Å². The Morgan fingerprint density at radius 2 is 1.74 bits per heavy atom. The van der Waals surface area contributed by atoms with Crippen LogP contribution in [0.4, 0.5) is 13.2 Å². The topological polar surface area (TPSA) is 58.6 Å². The highest BCUT2D eigenvalue weighted by Gasteiger charge is 2.40. The van der Waals surface area contributed by atoms with E-state index in [1.807, 2.05) is 0 Å². The van der Waals surface area contributed by atoms with Crippen molar-refractivity contribution in [2.75, 3.05) is 0 Å². The Morgan fingerprint density at radius 1 is 1.26 bits per heavy atom. The third kappa shape index (κ3) is 6.24. The molecule has 0 aliphatic heterocycles. The van der Waals surface area contributed by atoms with Crippen LogP contribution in [0.1, 0.15) is 41.0 Å². The third-order valence-corrected chi connectivity index (χ3v) is 2.67. The molecule has 0 saturated carbocycles. The predicted octanol–water partition coefficient (Wildman–Crippen LogP) is 2.57. The Balaban J connectivity index is 4.65. The highest BCUT2D eigenvalue weighted by molar-refractivity contribution is 5.78. The maximum absolute atomic E-state index is 12.4. The number of nitrogens with one attached hydrogen (secondary N) is 1. The first-order valence-electron chi connectivity index (χ1n) is 6.11. The number of rotatable bonds is 7. The molecule has 0 rings (SSSR count). The summed E-state index contributed by atoms with van der Waals surface area (Å²) in [6.45, 7) is 7.32. The van der Waals surface area contributed by atoms with Crippen LogP contribution in [0.15, 0.2) is 0 Å². The molecule has 0 aromatic rings. The number of aliphatic carboxylic acids is 1. The van der Waals surface area contributed by atoms with Gasteiger partial charge in [-0.2, -0.15) is 13.2 Å². The van der Waals surface area contributed by atoms with Crippen molar-refractivity contribution >= 4 is 5.97 Å². The van der Waals surface area contributed by atoms with E-state index in [2.05, 4.69) is 5.32 Å². The Morgan fingerprint density at radius 3 is 2.05 bits per heavy atom. The fourth-order valence-electron chi connectivity index (χ4n) is 1.89. The summed E-state index contributed by atoms with van der Waals surface area (Å²) in [6, 6.07) is -0.103. The Kier molecular flexibility index (Phi) is 6.28. The van der Waals surface area contributed by atoms with Crippen molar-refractivity contribution in [1.29, 1.82) is 0 Å². The molecule has 114 valence electrons. The number of carbonyl (C=O) groups is 1. The third-order valence-electron chi connectivity index (χ3n) is 2.67. The summed E-state index contributed by atoms with van der Waals surface area (Å²) in [5, 5.41) is 12.0. The molecule has 0 spiro atoms. The van der Waals surface area contributed by atoms with Crippen molar-refractivity contribution in [2.24, 2.45) is 0 Å². The van der Waals surface area contributed by atoms with Gasteiger partial charge in [0, 0.05) is 12.5 Å². The van der Waals surface area contributed by atoms with Crippen molar-refractivity contribution in [3.8, 4) is 0 Å². The fourth-order valence-corrected chi connectivity index (χ4v) is 1.89. The van der Waals surface area contributed by atoms with Gasteiger partial charge in [0.25, 0.3) is 0 Å². The van der Waals surface area contributed by atoms with E-state index in [1.54, 1.807) is 13.8 Å². The molecule has 3 unspecified atom stereocenters. The number of carboxylic acids is 1. The first-order chi connectivity index (χ1) is 8.38. The first-order valence-corrected chi connectivity index (χ1v) is 6.11. The lowest BCUT2D eigenvalue weighted by atomic mass is 9.94. The minimum Gasteiger partial charge on any atom is -0.480 e. The monoisotopic (exact) mass is 285 g/mol. The molecule has 7 heteroatoms. The highest BCUT2D eigenvalue weighted by atomic mass is 19.4. The van der Waals surface area contributed by atoms with Crippen LogP contribution in [0.3, 0.4) is 0 Å². The van der Waals surface area contributed by atoms with Gasteiger partial charge in [0.1, 0.15) is 5.54 Å². The second-order valence-corrected chi connectivity index (χ2v) is 5.27. The van der Waals surface area contributed by atoms with Gasteiger partial charge in [-0.05, 0) is 34.6 Å². The minimum absolute atomic E-state index is 0.0546. The zero-order valence-corrected chi connectivity index (χ0v) is 11.8. The van der Waals surface area contributed by atoms with E-state index in [0.29, 0.717) is 0 Å². The van der Waals surface area contributed by atoms with Crippen LogP contribution in [0.25, 0.3) is 0 Å². The second-order valence-electron chi connectivity index (χ2n) is 5.27. The summed E-state index contributed by atoms with van der Waals surface area (Å²) < 4.78 is 41.9. The summed E-state index contributed by atoms with van der Waals surface area (Å²) in [6.07, 6.45) is -7.25. The highest BCUT2D eigenvalue weighted by Crippen LogP contribution is 2.25. The smallest absolute Gasteiger partial charge is 0.414 e. The van der Waals surface area contributed by atoms with Gasteiger partial charge in [0.15, 0.2) is 6.10 Å². The lowest BCUT2D eigenvalue weighted by Gasteiger charge is -2.32. The van der Waals surface area contributed by atoms with E-state index in [1.165, 1.54) is 13.8 Å². The Labute approximate surface area is 111 Å². The van der Waals surface area contributed by atoms with Crippen molar-refractivity contribution in [2.45, 2.75) is 71.0 Å². The molecule has 0 aliphatic carbocycles. The molecule has 4 nitrogen and oxygen atoms in total. The molecule has 0 bridgehead atoms.